The third-order valence-corrected chi connectivity index (χ3v) is 4.05. The fraction of sp³-hybridized carbons (Fsp3) is 0.0588. The molecule has 0 N–H and O–H groups in total. The highest BCUT2D eigenvalue weighted by Crippen LogP contribution is 2.35. The lowest BCUT2D eigenvalue weighted by Gasteiger charge is -2.11. The molecule has 3 rings (SSSR count). The minimum atomic E-state index is 0.556. The second-order valence-corrected chi connectivity index (χ2v) is 6.09. The number of rotatable bonds is 2. The predicted molar refractivity (Wildman–Crippen MR) is 92.7 cm³/mol. The average molecular weight is 350 g/mol. The van der Waals surface area contributed by atoms with Gasteiger partial charge in [-0.3, -0.25) is 0 Å². The zero-order valence-electron chi connectivity index (χ0n) is 11.6. The summed E-state index contributed by atoms with van der Waals surface area (Å²) in [6, 6.07) is 12.9. The van der Waals surface area contributed by atoms with Crippen LogP contribution in [0, 0.1) is 6.92 Å². The Morgan fingerprint density at radius 2 is 1.50 bits per heavy atom. The summed E-state index contributed by atoms with van der Waals surface area (Å²) in [6.07, 6.45) is 1.80. The van der Waals surface area contributed by atoms with Crippen molar-refractivity contribution < 1.29 is 0 Å². The van der Waals surface area contributed by atoms with E-state index in [1.54, 1.807) is 18.3 Å². The maximum absolute atomic E-state index is 6.34. The first-order valence-corrected chi connectivity index (χ1v) is 7.73. The Kier molecular flexibility index (Phi) is 4.34. The van der Waals surface area contributed by atoms with E-state index >= 15 is 0 Å². The summed E-state index contributed by atoms with van der Waals surface area (Å²) in [7, 11) is 0. The molecule has 0 bridgehead atoms. The lowest BCUT2D eigenvalue weighted by atomic mass is 10.0. The van der Waals surface area contributed by atoms with Crippen molar-refractivity contribution in [2.75, 3.05) is 0 Å². The molecule has 1 aromatic heterocycles. The van der Waals surface area contributed by atoms with Crippen LogP contribution in [0.1, 0.15) is 5.82 Å². The van der Waals surface area contributed by atoms with E-state index in [4.69, 9.17) is 34.8 Å². The smallest absolute Gasteiger partial charge is 0.125 e. The summed E-state index contributed by atoms with van der Waals surface area (Å²) in [5.41, 5.74) is 3.47. The van der Waals surface area contributed by atoms with Crippen LogP contribution < -0.4 is 0 Å². The van der Waals surface area contributed by atoms with Crippen LogP contribution in [-0.2, 0) is 0 Å². The van der Waals surface area contributed by atoms with Crippen molar-refractivity contribution in [3.8, 4) is 22.4 Å². The molecule has 0 saturated carbocycles. The Hall–Kier alpha value is -1.61. The second kappa shape index (κ2) is 6.25. The van der Waals surface area contributed by atoms with Gasteiger partial charge in [0, 0.05) is 27.4 Å². The molecular weight excluding hydrogens is 339 g/mol. The Balaban J connectivity index is 2.22. The molecule has 0 amide bonds. The van der Waals surface area contributed by atoms with Crippen LogP contribution in [0.25, 0.3) is 22.4 Å². The van der Waals surface area contributed by atoms with Crippen molar-refractivity contribution in [2.24, 2.45) is 0 Å². The van der Waals surface area contributed by atoms with Crippen molar-refractivity contribution in [3.05, 3.63) is 69.6 Å². The first-order valence-electron chi connectivity index (χ1n) is 6.59. The van der Waals surface area contributed by atoms with Gasteiger partial charge in [-0.05, 0) is 42.8 Å². The fourth-order valence-corrected chi connectivity index (χ4v) is 2.82. The summed E-state index contributed by atoms with van der Waals surface area (Å²) in [5, 5.41) is 1.83. The second-order valence-electron chi connectivity index (χ2n) is 4.81. The third-order valence-electron chi connectivity index (χ3n) is 3.25. The maximum Gasteiger partial charge on any atom is 0.125 e. The molecule has 0 aliphatic carbocycles. The first kappa shape index (κ1) is 15.3. The summed E-state index contributed by atoms with van der Waals surface area (Å²) in [4.78, 5) is 8.86. The summed E-state index contributed by atoms with van der Waals surface area (Å²) >= 11 is 18.3. The number of hydrogen-bond acceptors (Lipinski definition) is 2. The molecule has 0 fully saturated rings. The van der Waals surface area contributed by atoms with E-state index in [1.807, 2.05) is 37.3 Å². The van der Waals surface area contributed by atoms with Crippen molar-refractivity contribution in [1.29, 1.82) is 0 Å². The van der Waals surface area contributed by atoms with Gasteiger partial charge in [0.2, 0.25) is 0 Å². The molecule has 0 radical (unpaired) electrons. The highest BCUT2D eigenvalue weighted by molar-refractivity contribution is 6.36. The SMILES string of the molecule is Cc1ncc(-c2ccc(Cl)cc2)c(-c2ccc(Cl)cc2Cl)n1. The molecule has 2 nitrogen and oxygen atoms in total. The number of halogens is 3. The zero-order chi connectivity index (χ0) is 15.7. The number of benzene rings is 2. The van der Waals surface area contributed by atoms with Gasteiger partial charge in [0.1, 0.15) is 5.82 Å². The first-order chi connectivity index (χ1) is 10.5. The minimum Gasteiger partial charge on any atom is -0.241 e. The molecule has 0 aliphatic heterocycles. The van der Waals surface area contributed by atoms with Crippen molar-refractivity contribution in [1.82, 2.24) is 9.97 Å². The molecule has 22 heavy (non-hydrogen) atoms. The molecule has 0 unspecified atom stereocenters. The summed E-state index contributed by atoms with van der Waals surface area (Å²) < 4.78 is 0. The average Bonchev–Trinajstić information content (AvgIpc) is 2.48. The van der Waals surface area contributed by atoms with Gasteiger partial charge >= 0.3 is 0 Å². The van der Waals surface area contributed by atoms with Crippen LogP contribution in [0.3, 0.4) is 0 Å². The van der Waals surface area contributed by atoms with E-state index in [0.29, 0.717) is 20.9 Å². The molecule has 1 heterocycles. The molecule has 5 heteroatoms. The maximum atomic E-state index is 6.34. The Morgan fingerprint density at radius 1 is 0.818 bits per heavy atom. The third kappa shape index (κ3) is 3.09. The van der Waals surface area contributed by atoms with Crippen molar-refractivity contribution >= 4 is 34.8 Å². The molecule has 0 aliphatic rings. The van der Waals surface area contributed by atoms with Gasteiger partial charge in [-0.2, -0.15) is 0 Å². The topological polar surface area (TPSA) is 25.8 Å². The van der Waals surface area contributed by atoms with E-state index in [0.717, 1.165) is 22.4 Å². The number of aryl methyl sites for hydroxylation is 1. The number of nitrogens with zero attached hydrogens (tertiary/aromatic N) is 2. The standard InChI is InChI=1S/C17H11Cl3N2/c1-10-21-9-15(11-2-4-12(18)5-3-11)17(22-10)14-7-6-13(19)8-16(14)20/h2-9H,1H3. The summed E-state index contributed by atoms with van der Waals surface area (Å²) in [5.74, 6) is 0.679. The van der Waals surface area contributed by atoms with Gasteiger partial charge in [-0.1, -0.05) is 46.9 Å². The van der Waals surface area contributed by atoms with Crippen LogP contribution in [0.2, 0.25) is 15.1 Å². The van der Waals surface area contributed by atoms with E-state index < -0.39 is 0 Å². The van der Waals surface area contributed by atoms with Crippen LogP contribution >= 0.6 is 34.8 Å². The Morgan fingerprint density at radius 3 is 2.18 bits per heavy atom. The van der Waals surface area contributed by atoms with E-state index in [1.165, 1.54) is 0 Å². The lowest BCUT2D eigenvalue weighted by Crippen LogP contribution is -1.95. The Labute approximate surface area is 143 Å². The molecule has 3 aromatic rings. The lowest BCUT2D eigenvalue weighted by molar-refractivity contribution is 1.06. The highest BCUT2D eigenvalue weighted by atomic mass is 35.5. The number of hydrogen-bond donors (Lipinski definition) is 0. The molecule has 0 atom stereocenters. The zero-order valence-corrected chi connectivity index (χ0v) is 13.9. The molecule has 0 spiro atoms. The largest absolute Gasteiger partial charge is 0.241 e. The highest BCUT2D eigenvalue weighted by Gasteiger charge is 2.13. The van der Waals surface area contributed by atoms with Crippen LogP contribution in [0.15, 0.2) is 48.7 Å². The van der Waals surface area contributed by atoms with E-state index in [-0.39, 0.29) is 0 Å². The molecule has 2 aromatic carbocycles. The van der Waals surface area contributed by atoms with E-state index in [9.17, 15) is 0 Å². The van der Waals surface area contributed by atoms with Crippen LogP contribution in [0.5, 0.6) is 0 Å². The monoisotopic (exact) mass is 348 g/mol. The quantitative estimate of drug-likeness (QED) is 0.560. The van der Waals surface area contributed by atoms with Crippen molar-refractivity contribution in [2.45, 2.75) is 6.92 Å². The molecular formula is C17H11Cl3N2. The minimum absolute atomic E-state index is 0.556. The normalized spacial score (nSPS) is 10.7. The van der Waals surface area contributed by atoms with Gasteiger partial charge in [0.15, 0.2) is 0 Å². The fourth-order valence-electron chi connectivity index (χ4n) is 2.20. The van der Waals surface area contributed by atoms with E-state index in [2.05, 4.69) is 9.97 Å². The van der Waals surface area contributed by atoms with Crippen LogP contribution in [0.4, 0.5) is 0 Å². The predicted octanol–water partition coefficient (Wildman–Crippen LogP) is 6.08. The molecule has 110 valence electrons. The summed E-state index contributed by atoms with van der Waals surface area (Å²) in [6.45, 7) is 1.85. The van der Waals surface area contributed by atoms with Gasteiger partial charge in [-0.25, -0.2) is 9.97 Å². The van der Waals surface area contributed by atoms with Gasteiger partial charge in [0.25, 0.3) is 0 Å². The number of aromatic nitrogens is 2. The van der Waals surface area contributed by atoms with Gasteiger partial charge < -0.3 is 0 Å². The van der Waals surface area contributed by atoms with Gasteiger partial charge in [0.05, 0.1) is 10.7 Å². The Bertz CT molecular complexity index is 830. The van der Waals surface area contributed by atoms with Crippen LogP contribution in [-0.4, -0.2) is 9.97 Å². The van der Waals surface area contributed by atoms with Crippen molar-refractivity contribution in [3.63, 3.8) is 0 Å². The molecule has 0 saturated heterocycles. The van der Waals surface area contributed by atoms with Gasteiger partial charge in [-0.15, -0.1) is 0 Å².